The van der Waals surface area contributed by atoms with Crippen LogP contribution in [0, 0.1) is 28.6 Å². The van der Waals surface area contributed by atoms with E-state index >= 15 is 0 Å². The molecule has 4 aliphatic carbocycles. The molecule has 5 rings (SSSR count). The van der Waals surface area contributed by atoms with E-state index in [1.54, 1.807) is 0 Å². The first-order valence-electron chi connectivity index (χ1n) is 13.9. The van der Waals surface area contributed by atoms with Crippen LogP contribution in [0.1, 0.15) is 93.4 Å². The first kappa shape index (κ1) is 26.6. The predicted octanol–water partition coefficient (Wildman–Crippen LogP) is 4.46. The van der Waals surface area contributed by atoms with Gasteiger partial charge in [-0.15, -0.1) is 0 Å². The average molecular weight is 503 g/mol. The van der Waals surface area contributed by atoms with Crippen molar-refractivity contribution in [1.82, 2.24) is 0 Å². The van der Waals surface area contributed by atoms with Gasteiger partial charge in [-0.3, -0.25) is 4.79 Å². The molecule has 36 heavy (non-hydrogen) atoms. The smallest absolute Gasteiger partial charge is 0.164 e. The number of hydrogen-bond acceptors (Lipinski definition) is 6. The van der Waals surface area contributed by atoms with Crippen LogP contribution in [-0.2, 0) is 14.3 Å². The molecule has 0 bridgehead atoms. The zero-order valence-corrected chi connectivity index (χ0v) is 23.1. The summed E-state index contributed by atoms with van der Waals surface area (Å²) in [5.41, 5.74) is 0.700. The van der Waals surface area contributed by atoms with Crippen molar-refractivity contribution in [2.45, 2.75) is 129 Å². The molecule has 3 fully saturated rings. The van der Waals surface area contributed by atoms with Crippen LogP contribution in [0.3, 0.4) is 0 Å². The first-order chi connectivity index (χ1) is 16.5. The molecule has 0 unspecified atom stereocenters. The van der Waals surface area contributed by atoms with E-state index in [-0.39, 0.29) is 40.5 Å². The molecule has 6 nitrogen and oxygen atoms in total. The number of allylic oxidation sites excluding steroid dienone is 3. The molecule has 0 aromatic rings. The maximum absolute atomic E-state index is 13.4. The molecule has 0 aromatic carbocycles. The van der Waals surface area contributed by atoms with Crippen LogP contribution in [0.25, 0.3) is 0 Å². The van der Waals surface area contributed by atoms with Gasteiger partial charge in [-0.2, -0.15) is 0 Å². The Morgan fingerprint density at radius 1 is 1.03 bits per heavy atom. The number of ether oxygens (including phenoxy) is 2. The number of aliphatic hydroxyl groups excluding tert-OH is 2. The molecule has 0 spiro atoms. The number of rotatable bonds is 4. The lowest BCUT2D eigenvalue weighted by Gasteiger charge is -2.56. The van der Waals surface area contributed by atoms with Crippen LogP contribution in [-0.4, -0.2) is 56.4 Å². The largest absolute Gasteiger partial charge is 0.390 e. The Labute approximate surface area is 216 Å². The van der Waals surface area contributed by atoms with E-state index in [1.807, 2.05) is 33.8 Å². The van der Waals surface area contributed by atoms with E-state index < -0.39 is 29.2 Å². The van der Waals surface area contributed by atoms with Gasteiger partial charge in [-0.25, -0.2) is 0 Å². The number of carbonyl (C=O) groups is 1. The third-order valence-electron chi connectivity index (χ3n) is 10.6. The van der Waals surface area contributed by atoms with Crippen LogP contribution < -0.4 is 0 Å². The van der Waals surface area contributed by atoms with Gasteiger partial charge in [0.15, 0.2) is 11.6 Å². The minimum atomic E-state index is -0.827. The van der Waals surface area contributed by atoms with Gasteiger partial charge in [-0.05, 0) is 97.0 Å². The Bertz CT molecular complexity index is 990. The van der Waals surface area contributed by atoms with Crippen molar-refractivity contribution in [2.24, 2.45) is 28.6 Å². The third kappa shape index (κ3) is 3.98. The van der Waals surface area contributed by atoms with Crippen LogP contribution in [0.5, 0.6) is 0 Å². The summed E-state index contributed by atoms with van der Waals surface area (Å²) in [7, 11) is 0. The third-order valence-corrected chi connectivity index (χ3v) is 10.6. The lowest BCUT2D eigenvalue weighted by Crippen LogP contribution is -2.55. The lowest BCUT2D eigenvalue weighted by molar-refractivity contribution is -0.167. The average Bonchev–Trinajstić information content (AvgIpc) is 3.22. The van der Waals surface area contributed by atoms with E-state index in [0.717, 1.165) is 19.3 Å². The minimum absolute atomic E-state index is 0.108. The van der Waals surface area contributed by atoms with Crippen LogP contribution in [0.4, 0.5) is 0 Å². The highest BCUT2D eigenvalue weighted by atomic mass is 16.8. The molecule has 2 saturated carbocycles. The monoisotopic (exact) mass is 502 g/mol. The van der Waals surface area contributed by atoms with Crippen LogP contribution in [0.15, 0.2) is 23.3 Å². The summed E-state index contributed by atoms with van der Waals surface area (Å²) in [4.78, 5) is 13.4. The van der Waals surface area contributed by atoms with Gasteiger partial charge >= 0.3 is 0 Å². The number of hydrogen-bond donors (Lipinski definition) is 3. The molecule has 3 N–H and O–H groups in total. The summed E-state index contributed by atoms with van der Waals surface area (Å²) in [6, 6.07) is 0. The van der Waals surface area contributed by atoms with Gasteiger partial charge in [0, 0.05) is 17.3 Å². The van der Waals surface area contributed by atoms with Crippen molar-refractivity contribution >= 4 is 5.78 Å². The van der Waals surface area contributed by atoms with Crippen LogP contribution >= 0.6 is 0 Å². The number of aliphatic hydroxyl groups is 3. The molecular formula is C30H46O6. The molecule has 6 heteroatoms. The Morgan fingerprint density at radius 2 is 1.72 bits per heavy atom. The molecule has 1 heterocycles. The highest BCUT2D eigenvalue weighted by Crippen LogP contribution is 2.66. The van der Waals surface area contributed by atoms with E-state index in [4.69, 9.17) is 9.47 Å². The predicted molar refractivity (Wildman–Crippen MR) is 137 cm³/mol. The van der Waals surface area contributed by atoms with E-state index in [1.165, 1.54) is 11.1 Å². The molecule has 0 radical (unpaired) electrons. The first-order valence-corrected chi connectivity index (χ1v) is 13.9. The molecule has 1 saturated heterocycles. The topological polar surface area (TPSA) is 96.2 Å². The van der Waals surface area contributed by atoms with Crippen molar-refractivity contribution in [2.75, 3.05) is 0 Å². The second kappa shape index (κ2) is 8.22. The molecule has 9 atom stereocenters. The summed E-state index contributed by atoms with van der Waals surface area (Å²) in [6.45, 7) is 14.2. The zero-order chi connectivity index (χ0) is 26.5. The Hall–Kier alpha value is -1.05. The van der Waals surface area contributed by atoms with Crippen molar-refractivity contribution in [3.63, 3.8) is 0 Å². The van der Waals surface area contributed by atoms with Crippen molar-refractivity contribution in [3.05, 3.63) is 23.3 Å². The van der Waals surface area contributed by atoms with Gasteiger partial charge < -0.3 is 24.8 Å². The van der Waals surface area contributed by atoms with Crippen molar-refractivity contribution < 1.29 is 29.6 Å². The minimum Gasteiger partial charge on any atom is -0.390 e. The highest BCUT2D eigenvalue weighted by molar-refractivity contribution is 5.95. The SMILES string of the molecule is CC(C)(O)CC[C@H]1OC(C)(C)O[C@]1(C)[C@H]1CC[C@]2(C)C3=CC(=O)[C@@H]4C[C@@H](O)[C@@H](O)C[C@]4(C)[C@H]3CC=C12. The zero-order valence-electron chi connectivity index (χ0n) is 23.1. The normalized spacial score (nSPS) is 48.1. The standard InChI is InChI=1S/C30H46O6/c1-26(2,34)12-11-25-30(7,36-27(3,4)35-25)19-10-13-28(5)17(19)8-9-18-20(28)14-22(31)21-15-23(32)24(33)16-29(18,21)6/h8,14,18-19,21,23-25,32-34H,9-13,15-16H2,1-7H3/t18-,19-,21-,23+,24-,25+,28-,29+,30+/m0/s1. The van der Waals surface area contributed by atoms with Crippen LogP contribution in [0.2, 0.25) is 0 Å². The molecule has 0 aromatic heterocycles. The number of fused-ring (bicyclic) bond motifs is 5. The quantitative estimate of drug-likeness (QED) is 0.492. The van der Waals surface area contributed by atoms with E-state index in [0.29, 0.717) is 25.7 Å². The van der Waals surface area contributed by atoms with E-state index in [9.17, 15) is 20.1 Å². The molecule has 202 valence electrons. The Balaban J connectivity index is 1.49. The maximum atomic E-state index is 13.4. The molecule has 5 aliphatic rings. The molecule has 0 amide bonds. The Morgan fingerprint density at radius 3 is 2.39 bits per heavy atom. The summed E-state index contributed by atoms with van der Waals surface area (Å²) in [5, 5.41) is 31.3. The summed E-state index contributed by atoms with van der Waals surface area (Å²) < 4.78 is 13.1. The maximum Gasteiger partial charge on any atom is 0.164 e. The fourth-order valence-corrected chi connectivity index (χ4v) is 8.71. The van der Waals surface area contributed by atoms with Gasteiger partial charge in [-0.1, -0.05) is 31.1 Å². The highest BCUT2D eigenvalue weighted by Gasteiger charge is 2.63. The number of ketones is 1. The van der Waals surface area contributed by atoms with Crippen molar-refractivity contribution in [3.8, 4) is 0 Å². The second-order valence-electron chi connectivity index (χ2n) is 14.1. The fraction of sp³-hybridized carbons (Fsp3) is 0.833. The second-order valence-corrected chi connectivity index (χ2v) is 14.1. The summed E-state index contributed by atoms with van der Waals surface area (Å²) in [6.07, 6.45) is 7.45. The van der Waals surface area contributed by atoms with Gasteiger partial charge in [0.2, 0.25) is 0 Å². The lowest BCUT2D eigenvalue weighted by atomic mass is 9.48. The van der Waals surface area contributed by atoms with Gasteiger partial charge in [0.25, 0.3) is 0 Å². The summed E-state index contributed by atoms with van der Waals surface area (Å²) in [5.74, 6) is -0.480. The van der Waals surface area contributed by atoms with E-state index in [2.05, 4.69) is 26.8 Å². The Kier molecular flexibility index (Phi) is 6.07. The summed E-state index contributed by atoms with van der Waals surface area (Å²) >= 11 is 0. The molecular weight excluding hydrogens is 456 g/mol. The van der Waals surface area contributed by atoms with Gasteiger partial charge in [0.1, 0.15) is 5.60 Å². The fourth-order valence-electron chi connectivity index (χ4n) is 8.71. The van der Waals surface area contributed by atoms with Gasteiger partial charge in [0.05, 0.1) is 23.9 Å². The van der Waals surface area contributed by atoms with Crippen molar-refractivity contribution in [1.29, 1.82) is 0 Å². The number of carbonyl (C=O) groups excluding carboxylic acids is 1. The molecule has 1 aliphatic heterocycles.